The first-order valence-electron chi connectivity index (χ1n) is 7.36. The normalized spacial score (nSPS) is 19.5. The van der Waals surface area contributed by atoms with Gasteiger partial charge in [-0.3, -0.25) is 0 Å². The van der Waals surface area contributed by atoms with E-state index in [1.807, 2.05) is 0 Å². The van der Waals surface area contributed by atoms with Crippen molar-refractivity contribution in [1.29, 1.82) is 0 Å². The number of likely N-dealkylation sites (tertiary alicyclic amines) is 1. The van der Waals surface area contributed by atoms with Gasteiger partial charge in [0, 0.05) is 23.1 Å². The molecule has 3 heteroatoms. The van der Waals surface area contributed by atoms with Crippen LogP contribution in [0.2, 0.25) is 0 Å². The molecule has 1 fully saturated rings. The number of halogens is 1. The Kier molecular flexibility index (Phi) is 5.86. The van der Waals surface area contributed by atoms with Gasteiger partial charge >= 0.3 is 0 Å². The van der Waals surface area contributed by atoms with Crippen LogP contribution in [0.5, 0.6) is 0 Å². The number of nitrogens with one attached hydrogen (secondary N) is 1. The zero-order valence-electron chi connectivity index (χ0n) is 12.0. The zero-order chi connectivity index (χ0) is 13.7. The number of hydrogen-bond donors (Lipinski definition) is 1. The topological polar surface area (TPSA) is 15.3 Å². The van der Waals surface area contributed by atoms with Crippen LogP contribution in [0.1, 0.15) is 32.3 Å². The molecule has 0 spiro atoms. The van der Waals surface area contributed by atoms with Crippen LogP contribution >= 0.6 is 15.9 Å². The van der Waals surface area contributed by atoms with Crippen molar-refractivity contribution >= 4 is 15.9 Å². The third-order valence-electron chi connectivity index (χ3n) is 3.75. The molecule has 1 aliphatic rings. The minimum atomic E-state index is 0.527. The highest BCUT2D eigenvalue weighted by atomic mass is 79.9. The number of rotatable bonds is 6. The monoisotopic (exact) mass is 324 g/mol. The fraction of sp³-hybridized carbons (Fsp3) is 0.625. The molecule has 0 aromatic heterocycles. The van der Waals surface area contributed by atoms with Crippen molar-refractivity contribution in [2.75, 3.05) is 19.6 Å². The maximum absolute atomic E-state index is 3.72. The number of hydrogen-bond acceptors (Lipinski definition) is 2. The first-order chi connectivity index (χ1) is 9.13. The second kappa shape index (κ2) is 7.41. The van der Waals surface area contributed by atoms with E-state index in [9.17, 15) is 0 Å². The summed E-state index contributed by atoms with van der Waals surface area (Å²) in [6.07, 6.45) is 3.85. The van der Waals surface area contributed by atoms with Crippen LogP contribution in [0, 0.1) is 0 Å². The predicted octanol–water partition coefficient (Wildman–Crippen LogP) is 3.45. The molecule has 2 rings (SSSR count). The molecule has 0 bridgehead atoms. The molecule has 1 aromatic rings. The van der Waals surface area contributed by atoms with Crippen molar-refractivity contribution < 1.29 is 0 Å². The van der Waals surface area contributed by atoms with Crippen LogP contribution in [0.25, 0.3) is 0 Å². The summed E-state index contributed by atoms with van der Waals surface area (Å²) in [5, 5.41) is 3.72. The summed E-state index contributed by atoms with van der Waals surface area (Å²) in [6, 6.07) is 9.74. The highest BCUT2D eigenvalue weighted by Crippen LogP contribution is 2.12. The highest BCUT2D eigenvalue weighted by molar-refractivity contribution is 9.10. The van der Waals surface area contributed by atoms with Gasteiger partial charge in [0.05, 0.1) is 0 Å². The lowest BCUT2D eigenvalue weighted by atomic mass is 10.1. The molecule has 0 aliphatic carbocycles. The van der Waals surface area contributed by atoms with Gasteiger partial charge in [0.15, 0.2) is 0 Å². The van der Waals surface area contributed by atoms with Crippen LogP contribution < -0.4 is 5.32 Å². The molecule has 1 heterocycles. The SMILES string of the molecule is CC(Cc1ccc(Br)cc1)NC(C)CN1CCCC1. The van der Waals surface area contributed by atoms with Gasteiger partial charge in [0.25, 0.3) is 0 Å². The van der Waals surface area contributed by atoms with E-state index in [1.54, 1.807) is 0 Å². The van der Waals surface area contributed by atoms with Gasteiger partial charge in [0.1, 0.15) is 0 Å². The maximum Gasteiger partial charge on any atom is 0.0175 e. The minimum absolute atomic E-state index is 0.527. The maximum atomic E-state index is 3.72. The molecule has 0 radical (unpaired) electrons. The van der Waals surface area contributed by atoms with Gasteiger partial charge in [0.2, 0.25) is 0 Å². The Balaban J connectivity index is 1.73. The van der Waals surface area contributed by atoms with Crippen LogP contribution in [-0.2, 0) is 6.42 Å². The second-order valence-corrected chi connectivity index (χ2v) is 6.72. The van der Waals surface area contributed by atoms with Crippen molar-refractivity contribution in [2.45, 2.75) is 45.2 Å². The molecule has 19 heavy (non-hydrogen) atoms. The molecule has 2 atom stereocenters. The summed E-state index contributed by atoms with van der Waals surface area (Å²) in [5.74, 6) is 0. The van der Waals surface area contributed by atoms with Crippen LogP contribution in [0.15, 0.2) is 28.7 Å². The smallest absolute Gasteiger partial charge is 0.0175 e. The third kappa shape index (κ3) is 5.25. The summed E-state index contributed by atoms with van der Waals surface area (Å²) < 4.78 is 1.15. The average molecular weight is 325 g/mol. The van der Waals surface area contributed by atoms with E-state index < -0.39 is 0 Å². The van der Waals surface area contributed by atoms with E-state index in [0.29, 0.717) is 12.1 Å². The van der Waals surface area contributed by atoms with E-state index >= 15 is 0 Å². The summed E-state index contributed by atoms with van der Waals surface area (Å²) >= 11 is 3.48. The van der Waals surface area contributed by atoms with Crippen molar-refractivity contribution in [3.63, 3.8) is 0 Å². The van der Waals surface area contributed by atoms with Crippen molar-refractivity contribution in [3.8, 4) is 0 Å². The molecule has 2 unspecified atom stereocenters. The number of nitrogens with zero attached hydrogens (tertiary/aromatic N) is 1. The lowest BCUT2D eigenvalue weighted by Crippen LogP contribution is -2.42. The molecule has 1 aromatic carbocycles. The molecular weight excluding hydrogens is 300 g/mol. The fourth-order valence-corrected chi connectivity index (χ4v) is 3.19. The Morgan fingerprint density at radius 1 is 1.11 bits per heavy atom. The van der Waals surface area contributed by atoms with Gasteiger partial charge in [-0.25, -0.2) is 0 Å². The quantitative estimate of drug-likeness (QED) is 0.862. The van der Waals surface area contributed by atoms with Crippen molar-refractivity contribution in [2.24, 2.45) is 0 Å². The molecule has 0 amide bonds. The Morgan fingerprint density at radius 2 is 1.74 bits per heavy atom. The Labute approximate surface area is 125 Å². The highest BCUT2D eigenvalue weighted by Gasteiger charge is 2.15. The van der Waals surface area contributed by atoms with E-state index in [4.69, 9.17) is 0 Å². The largest absolute Gasteiger partial charge is 0.310 e. The minimum Gasteiger partial charge on any atom is -0.310 e. The summed E-state index contributed by atoms with van der Waals surface area (Å²) in [6.45, 7) is 8.34. The lowest BCUT2D eigenvalue weighted by Gasteiger charge is -2.24. The first-order valence-corrected chi connectivity index (χ1v) is 8.15. The second-order valence-electron chi connectivity index (χ2n) is 5.81. The van der Waals surface area contributed by atoms with E-state index in [1.165, 1.54) is 38.0 Å². The van der Waals surface area contributed by atoms with Gasteiger partial charge < -0.3 is 10.2 Å². The van der Waals surface area contributed by atoms with Crippen molar-refractivity contribution in [1.82, 2.24) is 10.2 Å². The summed E-state index contributed by atoms with van der Waals surface area (Å²) in [4.78, 5) is 2.57. The summed E-state index contributed by atoms with van der Waals surface area (Å²) in [7, 11) is 0. The van der Waals surface area contributed by atoms with Crippen molar-refractivity contribution in [3.05, 3.63) is 34.3 Å². The molecule has 1 N–H and O–H groups in total. The Morgan fingerprint density at radius 3 is 2.37 bits per heavy atom. The third-order valence-corrected chi connectivity index (χ3v) is 4.28. The first kappa shape index (κ1) is 15.0. The predicted molar refractivity (Wildman–Crippen MR) is 85.6 cm³/mol. The number of benzene rings is 1. The Bertz CT molecular complexity index is 371. The molecule has 106 valence electrons. The Hall–Kier alpha value is -0.380. The van der Waals surface area contributed by atoms with Gasteiger partial charge in [-0.2, -0.15) is 0 Å². The molecule has 1 aliphatic heterocycles. The van der Waals surface area contributed by atoms with Crippen LogP contribution in [0.4, 0.5) is 0 Å². The van der Waals surface area contributed by atoms with Gasteiger partial charge in [-0.1, -0.05) is 28.1 Å². The lowest BCUT2D eigenvalue weighted by molar-refractivity contribution is 0.288. The zero-order valence-corrected chi connectivity index (χ0v) is 13.6. The average Bonchev–Trinajstić information content (AvgIpc) is 2.84. The summed E-state index contributed by atoms with van der Waals surface area (Å²) in [5.41, 5.74) is 1.40. The molecule has 1 saturated heterocycles. The van der Waals surface area contributed by atoms with Crippen LogP contribution in [0.3, 0.4) is 0 Å². The van der Waals surface area contributed by atoms with E-state index in [2.05, 4.69) is 64.3 Å². The standard InChI is InChI=1S/C16H25BrN2/c1-13(11-15-5-7-16(17)8-6-15)18-14(2)12-19-9-3-4-10-19/h5-8,13-14,18H,3-4,9-12H2,1-2H3. The van der Waals surface area contributed by atoms with Gasteiger partial charge in [-0.15, -0.1) is 0 Å². The van der Waals surface area contributed by atoms with Crippen LogP contribution in [-0.4, -0.2) is 36.6 Å². The van der Waals surface area contributed by atoms with E-state index in [0.717, 1.165) is 10.9 Å². The molecule has 0 saturated carbocycles. The van der Waals surface area contributed by atoms with E-state index in [-0.39, 0.29) is 0 Å². The van der Waals surface area contributed by atoms with Gasteiger partial charge in [-0.05, 0) is 63.9 Å². The molecule has 2 nitrogen and oxygen atoms in total. The fourth-order valence-electron chi connectivity index (χ4n) is 2.92. The molecular formula is C16H25BrN2.